The van der Waals surface area contributed by atoms with Crippen LogP contribution in [0.5, 0.6) is 0 Å². The highest BCUT2D eigenvalue weighted by Gasteiger charge is 2.20. The molecular formula is C15H26N2O. The van der Waals surface area contributed by atoms with E-state index in [0.717, 1.165) is 37.4 Å². The molecule has 0 saturated heterocycles. The summed E-state index contributed by atoms with van der Waals surface area (Å²) in [5, 5.41) is 3.43. The molecule has 0 aliphatic heterocycles. The van der Waals surface area contributed by atoms with Crippen LogP contribution in [0.3, 0.4) is 0 Å². The highest BCUT2D eigenvalue weighted by Crippen LogP contribution is 2.26. The fourth-order valence-corrected chi connectivity index (χ4v) is 2.75. The zero-order valence-corrected chi connectivity index (χ0v) is 11.7. The molecule has 0 amide bonds. The van der Waals surface area contributed by atoms with Crippen molar-refractivity contribution in [2.75, 3.05) is 20.1 Å². The topological polar surface area (TPSA) is 28.4 Å². The third-order valence-electron chi connectivity index (χ3n) is 4.13. The van der Waals surface area contributed by atoms with Crippen LogP contribution in [0, 0.1) is 5.92 Å². The molecule has 18 heavy (non-hydrogen) atoms. The van der Waals surface area contributed by atoms with Gasteiger partial charge in [-0.2, -0.15) is 0 Å². The van der Waals surface area contributed by atoms with E-state index in [0.29, 0.717) is 0 Å². The Bertz CT molecular complexity index is 315. The van der Waals surface area contributed by atoms with Crippen molar-refractivity contribution in [1.29, 1.82) is 0 Å². The molecule has 0 atom stereocenters. The first-order valence-electron chi connectivity index (χ1n) is 7.19. The summed E-state index contributed by atoms with van der Waals surface area (Å²) in [6, 6.07) is 4.75. The van der Waals surface area contributed by atoms with Crippen molar-refractivity contribution in [1.82, 2.24) is 10.2 Å². The molecule has 1 fully saturated rings. The Balaban J connectivity index is 1.58. The fourth-order valence-electron chi connectivity index (χ4n) is 2.75. The van der Waals surface area contributed by atoms with Crippen LogP contribution in [0.15, 0.2) is 22.8 Å². The summed E-state index contributed by atoms with van der Waals surface area (Å²) in [6.45, 7) is 5.37. The molecule has 0 radical (unpaired) electrons. The van der Waals surface area contributed by atoms with Crippen LogP contribution in [0.2, 0.25) is 0 Å². The van der Waals surface area contributed by atoms with E-state index in [-0.39, 0.29) is 0 Å². The van der Waals surface area contributed by atoms with Gasteiger partial charge in [0.05, 0.1) is 12.8 Å². The zero-order valence-electron chi connectivity index (χ0n) is 11.7. The van der Waals surface area contributed by atoms with E-state index in [2.05, 4.69) is 24.2 Å². The summed E-state index contributed by atoms with van der Waals surface area (Å²) < 4.78 is 5.29. The van der Waals surface area contributed by atoms with Gasteiger partial charge in [-0.05, 0) is 50.8 Å². The largest absolute Gasteiger partial charge is 0.468 e. The Morgan fingerprint density at radius 1 is 1.33 bits per heavy atom. The predicted octanol–water partition coefficient (Wildman–Crippen LogP) is 2.88. The van der Waals surface area contributed by atoms with Gasteiger partial charge in [-0.3, -0.25) is 0 Å². The van der Waals surface area contributed by atoms with Crippen LogP contribution < -0.4 is 5.32 Å². The molecule has 0 aromatic carbocycles. The first kappa shape index (κ1) is 13.6. The van der Waals surface area contributed by atoms with Crippen molar-refractivity contribution in [3.63, 3.8) is 0 Å². The second-order valence-corrected chi connectivity index (χ2v) is 5.65. The predicted molar refractivity (Wildman–Crippen MR) is 74.5 cm³/mol. The SMILES string of the molecule is CC1CCC(N(C)CCNCc2ccco2)CC1. The van der Waals surface area contributed by atoms with Gasteiger partial charge in [0.1, 0.15) is 5.76 Å². The fraction of sp³-hybridized carbons (Fsp3) is 0.733. The minimum Gasteiger partial charge on any atom is -0.468 e. The third kappa shape index (κ3) is 4.14. The molecule has 3 nitrogen and oxygen atoms in total. The summed E-state index contributed by atoms with van der Waals surface area (Å²) in [5.41, 5.74) is 0. The van der Waals surface area contributed by atoms with Gasteiger partial charge in [-0.1, -0.05) is 6.92 Å². The number of rotatable bonds is 6. The van der Waals surface area contributed by atoms with E-state index in [9.17, 15) is 0 Å². The Morgan fingerprint density at radius 2 is 2.11 bits per heavy atom. The van der Waals surface area contributed by atoms with E-state index in [4.69, 9.17) is 4.42 Å². The second-order valence-electron chi connectivity index (χ2n) is 5.65. The van der Waals surface area contributed by atoms with E-state index in [1.54, 1.807) is 6.26 Å². The van der Waals surface area contributed by atoms with Crippen LogP contribution in [-0.4, -0.2) is 31.1 Å². The molecule has 0 unspecified atom stereocenters. The Hall–Kier alpha value is -0.800. The molecule has 1 N–H and O–H groups in total. The standard InChI is InChI=1S/C15H26N2O/c1-13-5-7-14(8-6-13)17(2)10-9-16-12-15-4-3-11-18-15/h3-4,11,13-14,16H,5-10,12H2,1-2H3. The molecule has 102 valence electrons. The Labute approximate surface area is 111 Å². The molecule has 1 saturated carbocycles. The van der Waals surface area contributed by atoms with Gasteiger partial charge < -0.3 is 14.6 Å². The molecule has 3 heteroatoms. The van der Waals surface area contributed by atoms with Crippen LogP contribution >= 0.6 is 0 Å². The highest BCUT2D eigenvalue weighted by atomic mass is 16.3. The molecule has 1 aromatic heterocycles. The Kier molecular flexibility index (Phi) is 5.26. The number of nitrogens with one attached hydrogen (secondary N) is 1. The summed E-state index contributed by atoms with van der Waals surface area (Å²) in [7, 11) is 2.26. The quantitative estimate of drug-likeness (QED) is 0.787. The monoisotopic (exact) mass is 250 g/mol. The number of likely N-dealkylation sites (N-methyl/N-ethyl adjacent to an activating group) is 1. The van der Waals surface area contributed by atoms with E-state index in [1.807, 2.05) is 12.1 Å². The van der Waals surface area contributed by atoms with Gasteiger partial charge in [0.25, 0.3) is 0 Å². The normalized spacial score (nSPS) is 24.6. The van der Waals surface area contributed by atoms with Gasteiger partial charge in [-0.25, -0.2) is 0 Å². The van der Waals surface area contributed by atoms with Crippen LogP contribution in [0.4, 0.5) is 0 Å². The highest BCUT2D eigenvalue weighted by molar-refractivity contribution is 4.97. The maximum atomic E-state index is 5.29. The smallest absolute Gasteiger partial charge is 0.117 e. The van der Waals surface area contributed by atoms with Gasteiger partial charge >= 0.3 is 0 Å². The van der Waals surface area contributed by atoms with E-state index >= 15 is 0 Å². The minimum atomic E-state index is 0.798. The number of furan rings is 1. The number of nitrogens with zero attached hydrogens (tertiary/aromatic N) is 1. The molecule has 0 bridgehead atoms. The summed E-state index contributed by atoms with van der Waals surface area (Å²) in [6.07, 6.45) is 7.27. The average Bonchev–Trinajstić information content (AvgIpc) is 2.88. The summed E-state index contributed by atoms with van der Waals surface area (Å²) in [4.78, 5) is 2.51. The minimum absolute atomic E-state index is 0.798. The van der Waals surface area contributed by atoms with E-state index in [1.165, 1.54) is 25.7 Å². The number of hydrogen-bond acceptors (Lipinski definition) is 3. The maximum Gasteiger partial charge on any atom is 0.117 e. The maximum absolute atomic E-state index is 5.29. The van der Waals surface area contributed by atoms with Crippen LogP contribution in [0.1, 0.15) is 38.4 Å². The lowest BCUT2D eigenvalue weighted by Crippen LogP contribution is -2.38. The number of hydrogen-bond donors (Lipinski definition) is 1. The lowest BCUT2D eigenvalue weighted by atomic mass is 9.87. The lowest BCUT2D eigenvalue weighted by Gasteiger charge is -2.33. The van der Waals surface area contributed by atoms with Crippen molar-refractivity contribution in [2.45, 2.75) is 45.2 Å². The molecule has 2 rings (SSSR count). The zero-order chi connectivity index (χ0) is 12.8. The summed E-state index contributed by atoms with van der Waals surface area (Å²) >= 11 is 0. The van der Waals surface area contributed by atoms with Gasteiger partial charge in [0, 0.05) is 19.1 Å². The first-order valence-corrected chi connectivity index (χ1v) is 7.19. The molecular weight excluding hydrogens is 224 g/mol. The van der Waals surface area contributed by atoms with Crippen LogP contribution in [0.25, 0.3) is 0 Å². The van der Waals surface area contributed by atoms with Crippen molar-refractivity contribution in [3.8, 4) is 0 Å². The summed E-state index contributed by atoms with van der Waals surface area (Å²) in [5.74, 6) is 1.95. The molecule has 1 aliphatic rings. The van der Waals surface area contributed by atoms with Crippen molar-refractivity contribution >= 4 is 0 Å². The average molecular weight is 250 g/mol. The Morgan fingerprint density at radius 3 is 2.78 bits per heavy atom. The second kappa shape index (κ2) is 6.95. The van der Waals surface area contributed by atoms with Gasteiger partial charge in [0.2, 0.25) is 0 Å². The van der Waals surface area contributed by atoms with Crippen molar-refractivity contribution in [2.24, 2.45) is 5.92 Å². The molecule has 0 spiro atoms. The van der Waals surface area contributed by atoms with Gasteiger partial charge in [-0.15, -0.1) is 0 Å². The van der Waals surface area contributed by atoms with E-state index < -0.39 is 0 Å². The van der Waals surface area contributed by atoms with Gasteiger partial charge in [0.15, 0.2) is 0 Å². The molecule has 1 heterocycles. The lowest BCUT2D eigenvalue weighted by molar-refractivity contribution is 0.170. The molecule has 1 aliphatic carbocycles. The van der Waals surface area contributed by atoms with Crippen molar-refractivity contribution < 1.29 is 4.42 Å². The third-order valence-corrected chi connectivity index (χ3v) is 4.13. The molecule has 1 aromatic rings. The van der Waals surface area contributed by atoms with Crippen LogP contribution in [-0.2, 0) is 6.54 Å². The first-order chi connectivity index (χ1) is 8.75. The van der Waals surface area contributed by atoms with Crippen molar-refractivity contribution in [3.05, 3.63) is 24.2 Å².